The van der Waals surface area contributed by atoms with Crippen molar-refractivity contribution >= 4 is 16.3 Å². The van der Waals surface area contributed by atoms with Crippen molar-refractivity contribution < 1.29 is 22.0 Å². The Morgan fingerprint density at radius 2 is 2.05 bits per heavy atom. The fraction of sp³-hybridized carbons (Fsp3) is 0.417. The Balaban J connectivity index is 2.33. The van der Waals surface area contributed by atoms with Crippen molar-refractivity contribution in [3.63, 3.8) is 0 Å². The highest BCUT2D eigenvalue weighted by Gasteiger charge is 2.31. The van der Waals surface area contributed by atoms with E-state index in [0.717, 1.165) is 16.4 Å². The predicted octanol–water partition coefficient (Wildman–Crippen LogP) is 1.56. The van der Waals surface area contributed by atoms with E-state index >= 15 is 0 Å². The maximum absolute atomic E-state index is 13.6. The summed E-state index contributed by atoms with van der Waals surface area (Å²) in [6.45, 7) is 0.284. The van der Waals surface area contributed by atoms with Crippen LogP contribution in [0.25, 0.3) is 0 Å². The van der Waals surface area contributed by atoms with Crippen LogP contribution in [-0.2, 0) is 14.8 Å². The van der Waals surface area contributed by atoms with Crippen LogP contribution in [0.3, 0.4) is 0 Å². The van der Waals surface area contributed by atoms with Crippen LogP contribution in [0.2, 0.25) is 0 Å². The van der Waals surface area contributed by atoms with Gasteiger partial charge in [-0.1, -0.05) is 0 Å². The molecule has 0 amide bonds. The van der Waals surface area contributed by atoms with E-state index in [2.05, 4.69) is 0 Å². The van der Waals surface area contributed by atoms with Crippen LogP contribution in [0.15, 0.2) is 23.1 Å². The Morgan fingerprint density at radius 1 is 1.32 bits per heavy atom. The maximum atomic E-state index is 13.6. The summed E-state index contributed by atoms with van der Waals surface area (Å²) in [4.78, 5) is 10.2. The topological polar surface area (TPSA) is 54.5 Å². The Hall–Kier alpha value is -1.34. The summed E-state index contributed by atoms with van der Waals surface area (Å²) >= 11 is 0. The van der Waals surface area contributed by atoms with Gasteiger partial charge in [0.25, 0.3) is 0 Å². The summed E-state index contributed by atoms with van der Waals surface area (Å²) in [5, 5.41) is 0. The van der Waals surface area contributed by atoms with Crippen molar-refractivity contribution in [3.8, 4) is 0 Å². The number of hydrogen-bond acceptors (Lipinski definition) is 3. The number of sulfonamides is 1. The number of nitrogens with zero attached hydrogens (tertiary/aromatic N) is 1. The third-order valence-electron chi connectivity index (χ3n) is 3.12. The molecule has 4 nitrogen and oxygen atoms in total. The standard InChI is InChI=1S/C12H13F2NO3S/c13-10-3-4-12(11(14)6-10)19(17,18)15-5-1-2-9(7-15)8-16/h3-4,6,8-9H,1-2,5,7H2. The molecule has 1 atom stereocenters. The molecule has 0 bridgehead atoms. The lowest BCUT2D eigenvalue weighted by molar-refractivity contribution is -0.112. The molecule has 1 aromatic rings. The Kier molecular flexibility index (Phi) is 3.96. The quantitative estimate of drug-likeness (QED) is 0.794. The van der Waals surface area contributed by atoms with Crippen LogP contribution in [0.1, 0.15) is 12.8 Å². The first kappa shape index (κ1) is 14.1. The number of halogens is 2. The van der Waals surface area contributed by atoms with Gasteiger partial charge in [0.1, 0.15) is 22.8 Å². The lowest BCUT2D eigenvalue weighted by Crippen LogP contribution is -2.40. The fourth-order valence-electron chi connectivity index (χ4n) is 2.13. The molecule has 0 aliphatic carbocycles. The fourth-order valence-corrected chi connectivity index (χ4v) is 3.71. The van der Waals surface area contributed by atoms with Crippen molar-refractivity contribution in [3.05, 3.63) is 29.8 Å². The molecule has 0 aromatic heterocycles. The summed E-state index contributed by atoms with van der Waals surface area (Å²) in [6.07, 6.45) is 1.88. The van der Waals surface area contributed by atoms with Gasteiger partial charge in [-0.25, -0.2) is 17.2 Å². The second kappa shape index (κ2) is 5.34. The summed E-state index contributed by atoms with van der Waals surface area (Å²) in [5.74, 6) is -2.32. The Bertz CT molecular complexity index is 589. The van der Waals surface area contributed by atoms with Gasteiger partial charge in [-0.15, -0.1) is 0 Å². The summed E-state index contributed by atoms with van der Waals surface area (Å²) in [5.41, 5.74) is 0. The van der Waals surface area contributed by atoms with Crippen molar-refractivity contribution in [1.82, 2.24) is 4.31 Å². The molecule has 2 rings (SSSR count). The molecule has 0 spiro atoms. The van der Waals surface area contributed by atoms with Gasteiger partial charge < -0.3 is 4.79 Å². The number of hydrogen-bond donors (Lipinski definition) is 0. The molecule has 7 heteroatoms. The zero-order valence-corrected chi connectivity index (χ0v) is 10.9. The normalized spacial score (nSPS) is 21.3. The third kappa shape index (κ3) is 2.82. The lowest BCUT2D eigenvalue weighted by Gasteiger charge is -2.29. The highest BCUT2D eigenvalue weighted by atomic mass is 32.2. The number of piperidine rings is 1. The van der Waals surface area contributed by atoms with Crippen LogP contribution in [0, 0.1) is 17.6 Å². The first-order valence-electron chi connectivity index (χ1n) is 5.85. The minimum atomic E-state index is -4.02. The average molecular weight is 289 g/mol. The molecule has 1 heterocycles. The van der Waals surface area contributed by atoms with Gasteiger partial charge in [0.15, 0.2) is 0 Å². The highest BCUT2D eigenvalue weighted by Crippen LogP contribution is 2.24. The number of benzene rings is 1. The van der Waals surface area contributed by atoms with E-state index < -0.39 is 26.6 Å². The predicted molar refractivity (Wildman–Crippen MR) is 63.9 cm³/mol. The smallest absolute Gasteiger partial charge is 0.246 e. The molecule has 1 fully saturated rings. The second-order valence-corrected chi connectivity index (χ2v) is 6.38. The van der Waals surface area contributed by atoms with E-state index in [0.29, 0.717) is 25.2 Å². The van der Waals surface area contributed by atoms with Gasteiger partial charge in [0.2, 0.25) is 10.0 Å². The molecule has 1 unspecified atom stereocenters. The van der Waals surface area contributed by atoms with E-state index in [4.69, 9.17) is 0 Å². The van der Waals surface area contributed by atoms with E-state index in [1.807, 2.05) is 0 Å². The molecule has 19 heavy (non-hydrogen) atoms. The van der Waals surface area contributed by atoms with Crippen LogP contribution >= 0.6 is 0 Å². The molecule has 0 radical (unpaired) electrons. The Morgan fingerprint density at radius 3 is 2.68 bits per heavy atom. The molecular weight excluding hydrogens is 276 g/mol. The highest BCUT2D eigenvalue weighted by molar-refractivity contribution is 7.89. The van der Waals surface area contributed by atoms with Gasteiger partial charge in [-0.3, -0.25) is 0 Å². The van der Waals surface area contributed by atoms with Crippen molar-refractivity contribution in [2.75, 3.05) is 13.1 Å². The second-order valence-electron chi connectivity index (χ2n) is 4.48. The van der Waals surface area contributed by atoms with Crippen LogP contribution in [0.4, 0.5) is 8.78 Å². The summed E-state index contributed by atoms with van der Waals surface area (Å²) in [7, 11) is -4.02. The number of carbonyl (C=O) groups is 1. The van der Waals surface area contributed by atoms with Crippen molar-refractivity contribution in [1.29, 1.82) is 0 Å². The van der Waals surface area contributed by atoms with Gasteiger partial charge >= 0.3 is 0 Å². The van der Waals surface area contributed by atoms with Gasteiger partial charge in [0, 0.05) is 25.1 Å². The number of carbonyl (C=O) groups excluding carboxylic acids is 1. The van der Waals surface area contributed by atoms with E-state index in [-0.39, 0.29) is 19.0 Å². The third-order valence-corrected chi connectivity index (χ3v) is 5.02. The van der Waals surface area contributed by atoms with Crippen LogP contribution in [0.5, 0.6) is 0 Å². The molecule has 1 aliphatic rings. The van der Waals surface area contributed by atoms with E-state index in [1.54, 1.807) is 0 Å². The van der Waals surface area contributed by atoms with Crippen LogP contribution in [-0.4, -0.2) is 32.1 Å². The van der Waals surface area contributed by atoms with Crippen LogP contribution < -0.4 is 0 Å². The molecule has 1 aromatic carbocycles. The molecule has 0 N–H and O–H groups in total. The van der Waals surface area contributed by atoms with Gasteiger partial charge in [0.05, 0.1) is 0 Å². The van der Waals surface area contributed by atoms with Crippen molar-refractivity contribution in [2.45, 2.75) is 17.7 Å². The summed E-state index contributed by atoms with van der Waals surface area (Å²) < 4.78 is 51.9. The number of aldehydes is 1. The maximum Gasteiger partial charge on any atom is 0.246 e. The first-order chi connectivity index (χ1) is 8.95. The lowest BCUT2D eigenvalue weighted by atomic mass is 10.0. The molecule has 0 saturated carbocycles. The summed E-state index contributed by atoms with van der Waals surface area (Å²) in [6, 6.07) is 2.34. The van der Waals surface area contributed by atoms with Crippen molar-refractivity contribution in [2.24, 2.45) is 5.92 Å². The zero-order valence-electron chi connectivity index (χ0n) is 10.1. The molecular formula is C12H13F2NO3S. The number of rotatable bonds is 3. The van der Waals surface area contributed by atoms with Gasteiger partial charge in [-0.2, -0.15) is 4.31 Å². The molecule has 1 aliphatic heterocycles. The van der Waals surface area contributed by atoms with Gasteiger partial charge in [-0.05, 0) is 25.0 Å². The minimum absolute atomic E-state index is 0.0443. The SMILES string of the molecule is O=CC1CCCN(S(=O)(=O)c2ccc(F)cc2F)C1. The largest absolute Gasteiger partial charge is 0.303 e. The Labute approximate surface area is 110 Å². The molecule has 1 saturated heterocycles. The van der Waals surface area contributed by atoms with E-state index in [1.165, 1.54) is 0 Å². The average Bonchev–Trinajstić information content (AvgIpc) is 2.38. The minimum Gasteiger partial charge on any atom is -0.303 e. The monoisotopic (exact) mass is 289 g/mol. The first-order valence-corrected chi connectivity index (χ1v) is 7.29. The zero-order chi connectivity index (χ0) is 14.0. The molecule has 104 valence electrons. The van der Waals surface area contributed by atoms with E-state index in [9.17, 15) is 22.0 Å².